The number of rotatable bonds is 19. The smallest absolute Gasteiger partial charge is 0.0232 e. The van der Waals surface area contributed by atoms with E-state index in [0.29, 0.717) is 35.9 Å². The Labute approximate surface area is 346 Å². The molecule has 7 saturated carbocycles. The molecule has 0 bridgehead atoms. The molecule has 2 heteroatoms. The first kappa shape index (κ1) is 40.6. The molecule has 0 heterocycles. The standard InChI is InChI=1S/C49H84I2/c1-10-14-15-18-37-20-27-47(48-32-40-41(38(17-11-2)22-28-50)49(40,48)44(48,9)35(37)5)39(19-16-25-46(51)33-43(8,34-46)24-13-4)21-26-45(47)30-36(31-45)29-42(6,7)23-12-3/h35-41H,10-34H2,1-9H3/t35-,36?,37?,38?,39?,40?,41+,43?,44-,45?,46?,47?,48?,49+/m1/s1. The highest BCUT2D eigenvalue weighted by Gasteiger charge is 3.09. The lowest BCUT2D eigenvalue weighted by Gasteiger charge is -2.64. The van der Waals surface area contributed by atoms with Gasteiger partial charge in [-0.1, -0.05) is 165 Å². The van der Waals surface area contributed by atoms with Crippen LogP contribution in [0.25, 0.3) is 0 Å². The van der Waals surface area contributed by atoms with Crippen molar-refractivity contribution in [1.29, 1.82) is 0 Å². The second kappa shape index (κ2) is 14.4. The summed E-state index contributed by atoms with van der Waals surface area (Å²) in [5, 5.41) is 0. The van der Waals surface area contributed by atoms with Crippen molar-refractivity contribution in [3.05, 3.63) is 0 Å². The van der Waals surface area contributed by atoms with E-state index in [1.165, 1.54) is 107 Å². The molecule has 0 radical (unpaired) electrons. The average molecular weight is 927 g/mol. The maximum atomic E-state index is 3.01. The van der Waals surface area contributed by atoms with Gasteiger partial charge in [-0.25, -0.2) is 0 Å². The zero-order valence-electron chi connectivity index (χ0n) is 35.5. The molecule has 0 amide bonds. The third-order valence-electron chi connectivity index (χ3n) is 19.7. The van der Waals surface area contributed by atoms with E-state index in [4.69, 9.17) is 0 Å². The van der Waals surface area contributed by atoms with E-state index < -0.39 is 0 Å². The lowest BCUT2D eigenvalue weighted by molar-refractivity contribution is -0.163. The Morgan fingerprint density at radius 2 is 1.55 bits per heavy atom. The number of hydrogen-bond acceptors (Lipinski definition) is 0. The first-order valence-corrected chi connectivity index (χ1v) is 26.0. The van der Waals surface area contributed by atoms with Crippen molar-refractivity contribution in [3.63, 3.8) is 0 Å². The van der Waals surface area contributed by atoms with E-state index in [9.17, 15) is 0 Å². The topological polar surface area (TPSA) is 0 Å². The Balaban J connectivity index is 1.23. The fourth-order valence-corrected chi connectivity index (χ4v) is 21.9. The fourth-order valence-electron chi connectivity index (χ4n) is 18.9. The molecular weight excluding hydrogens is 842 g/mol. The van der Waals surface area contributed by atoms with E-state index in [1.807, 2.05) is 0 Å². The molecular formula is C49H84I2. The minimum atomic E-state index is 0.530. The molecule has 7 aliphatic rings. The number of unbranched alkanes of at least 4 members (excludes halogenated alkanes) is 2. The van der Waals surface area contributed by atoms with Crippen LogP contribution < -0.4 is 0 Å². The van der Waals surface area contributed by atoms with Gasteiger partial charge in [0, 0.05) is 3.42 Å². The molecule has 0 aliphatic heterocycles. The van der Waals surface area contributed by atoms with Gasteiger partial charge in [0.05, 0.1) is 0 Å². The summed E-state index contributed by atoms with van der Waals surface area (Å²) in [7, 11) is 0. The summed E-state index contributed by atoms with van der Waals surface area (Å²) in [6.45, 7) is 23.5. The van der Waals surface area contributed by atoms with Gasteiger partial charge in [-0.05, 0) is 180 Å². The quantitative estimate of drug-likeness (QED) is 0.0688. The summed E-state index contributed by atoms with van der Waals surface area (Å²) in [5.41, 5.74) is 4.52. The second-order valence-electron chi connectivity index (χ2n) is 22.8. The van der Waals surface area contributed by atoms with Crippen LogP contribution in [0.4, 0.5) is 0 Å². The lowest BCUT2D eigenvalue weighted by atomic mass is 9.40. The summed E-state index contributed by atoms with van der Waals surface area (Å²) in [6, 6.07) is 0. The van der Waals surface area contributed by atoms with Crippen LogP contribution in [0.1, 0.15) is 216 Å². The molecule has 10 atom stereocenters. The zero-order valence-corrected chi connectivity index (χ0v) is 39.8. The maximum Gasteiger partial charge on any atom is 0.0232 e. The Morgan fingerprint density at radius 1 is 0.804 bits per heavy atom. The summed E-state index contributed by atoms with van der Waals surface area (Å²) >= 11 is 5.70. The van der Waals surface area contributed by atoms with Crippen molar-refractivity contribution in [1.82, 2.24) is 0 Å². The van der Waals surface area contributed by atoms with E-state index in [2.05, 4.69) is 107 Å². The minimum absolute atomic E-state index is 0.530. The predicted molar refractivity (Wildman–Crippen MR) is 239 cm³/mol. The van der Waals surface area contributed by atoms with Gasteiger partial charge in [-0.2, -0.15) is 0 Å². The Morgan fingerprint density at radius 3 is 2.20 bits per heavy atom. The Bertz CT molecular complexity index is 1220. The van der Waals surface area contributed by atoms with Crippen LogP contribution in [0.3, 0.4) is 0 Å². The summed E-state index contributed by atoms with van der Waals surface area (Å²) in [6.07, 6.45) is 36.3. The molecule has 7 aliphatic carbocycles. The zero-order chi connectivity index (χ0) is 36.7. The number of fused-ring (bicyclic) bond motifs is 1. The lowest BCUT2D eigenvalue weighted by Crippen LogP contribution is -2.58. The van der Waals surface area contributed by atoms with E-state index in [-0.39, 0.29) is 0 Å². The van der Waals surface area contributed by atoms with Crippen LogP contribution in [0.5, 0.6) is 0 Å². The Kier molecular flexibility index (Phi) is 11.5. The highest BCUT2D eigenvalue weighted by Crippen LogP contribution is 3.13. The molecule has 7 fully saturated rings. The van der Waals surface area contributed by atoms with Crippen molar-refractivity contribution in [2.24, 2.45) is 79.3 Å². The monoisotopic (exact) mass is 926 g/mol. The molecule has 0 nitrogen and oxygen atoms in total. The number of hydrogen-bond donors (Lipinski definition) is 0. The van der Waals surface area contributed by atoms with Gasteiger partial charge in [0.1, 0.15) is 0 Å². The van der Waals surface area contributed by atoms with Crippen LogP contribution in [0.2, 0.25) is 0 Å². The SMILES string of the molecule is CCCCCC1CCC2(C(CCCC3(I)CC(C)(CCC)C3)CCC23CC(CC(C)(C)CCC)C3)C23CC4[C@H](C(CCC)CCI)[C@]42[C@]3(C)[C@@H]1C. The Hall–Kier alpha value is 1.46. The molecule has 0 aromatic carbocycles. The van der Waals surface area contributed by atoms with Crippen LogP contribution in [0, 0.1) is 79.3 Å². The molecule has 0 aromatic rings. The first-order chi connectivity index (χ1) is 24.2. The van der Waals surface area contributed by atoms with Crippen molar-refractivity contribution >= 4 is 45.2 Å². The van der Waals surface area contributed by atoms with Gasteiger partial charge >= 0.3 is 0 Å². The van der Waals surface area contributed by atoms with Gasteiger partial charge in [0.2, 0.25) is 0 Å². The highest BCUT2D eigenvalue weighted by molar-refractivity contribution is 14.1. The van der Waals surface area contributed by atoms with Gasteiger partial charge < -0.3 is 0 Å². The summed E-state index contributed by atoms with van der Waals surface area (Å²) < 4.78 is 1.98. The van der Waals surface area contributed by atoms with Crippen molar-refractivity contribution in [2.45, 2.75) is 220 Å². The van der Waals surface area contributed by atoms with E-state index in [0.717, 1.165) is 46.8 Å². The van der Waals surface area contributed by atoms with Gasteiger partial charge in [0.25, 0.3) is 0 Å². The van der Waals surface area contributed by atoms with Crippen molar-refractivity contribution in [2.75, 3.05) is 4.43 Å². The molecule has 294 valence electrons. The van der Waals surface area contributed by atoms with Gasteiger partial charge in [-0.3, -0.25) is 0 Å². The summed E-state index contributed by atoms with van der Waals surface area (Å²) in [4.78, 5) is 0. The van der Waals surface area contributed by atoms with E-state index >= 15 is 0 Å². The molecule has 4 spiro atoms. The minimum Gasteiger partial charge on any atom is -0.0864 e. The fraction of sp³-hybridized carbons (Fsp3) is 1.00. The van der Waals surface area contributed by atoms with Gasteiger partial charge in [-0.15, -0.1) is 0 Å². The van der Waals surface area contributed by atoms with Crippen LogP contribution >= 0.6 is 45.2 Å². The third-order valence-corrected chi connectivity index (χ3v) is 21.6. The second-order valence-corrected chi connectivity index (χ2v) is 26.1. The molecule has 6 unspecified atom stereocenters. The summed E-state index contributed by atoms with van der Waals surface area (Å²) in [5.74, 6) is 7.12. The normalized spacial score (nSPS) is 49.7. The molecule has 0 saturated heterocycles. The first-order valence-electron chi connectivity index (χ1n) is 23.4. The van der Waals surface area contributed by atoms with Crippen molar-refractivity contribution < 1.29 is 0 Å². The maximum absolute atomic E-state index is 3.01. The average Bonchev–Trinajstić information content (AvgIpc) is 3.64. The highest BCUT2D eigenvalue weighted by atomic mass is 127. The van der Waals surface area contributed by atoms with Crippen LogP contribution in [-0.2, 0) is 0 Å². The molecule has 7 rings (SSSR count). The number of halogens is 2. The largest absolute Gasteiger partial charge is 0.0864 e. The third kappa shape index (κ3) is 5.71. The van der Waals surface area contributed by atoms with Crippen LogP contribution in [-0.4, -0.2) is 7.85 Å². The molecule has 51 heavy (non-hydrogen) atoms. The molecule has 0 N–H and O–H groups in total. The van der Waals surface area contributed by atoms with Gasteiger partial charge in [0.15, 0.2) is 0 Å². The van der Waals surface area contributed by atoms with Crippen LogP contribution in [0.15, 0.2) is 0 Å². The molecule has 0 aromatic heterocycles. The van der Waals surface area contributed by atoms with Crippen molar-refractivity contribution in [3.8, 4) is 0 Å². The number of alkyl halides is 2. The van der Waals surface area contributed by atoms with E-state index in [1.54, 1.807) is 51.4 Å². The predicted octanol–water partition coefficient (Wildman–Crippen LogP) is 16.5.